The molecule has 1 aliphatic rings. The van der Waals surface area contributed by atoms with Gasteiger partial charge in [-0.2, -0.15) is 0 Å². The number of benzene rings is 1. The SMILES string of the molecule is OC(CF)c1cccc2c1CCCC2. The van der Waals surface area contributed by atoms with E-state index in [0.29, 0.717) is 0 Å². The quantitative estimate of drug-likeness (QED) is 0.767. The van der Waals surface area contributed by atoms with Gasteiger partial charge in [0.25, 0.3) is 0 Å². The molecule has 1 aromatic carbocycles. The monoisotopic (exact) mass is 194 g/mol. The molecule has 2 heteroatoms. The summed E-state index contributed by atoms with van der Waals surface area (Å²) in [5.74, 6) is 0. The molecule has 0 fully saturated rings. The number of alkyl halides is 1. The minimum absolute atomic E-state index is 0.684. The van der Waals surface area contributed by atoms with Crippen molar-refractivity contribution < 1.29 is 9.50 Å². The highest BCUT2D eigenvalue weighted by Crippen LogP contribution is 2.28. The molecule has 1 aliphatic carbocycles. The average Bonchev–Trinajstić information content (AvgIpc) is 2.27. The molecule has 0 saturated carbocycles. The van der Waals surface area contributed by atoms with E-state index >= 15 is 0 Å². The van der Waals surface area contributed by atoms with Crippen LogP contribution in [0.3, 0.4) is 0 Å². The molecule has 0 spiro atoms. The molecule has 0 saturated heterocycles. The summed E-state index contributed by atoms with van der Waals surface area (Å²) in [5.41, 5.74) is 3.27. The van der Waals surface area contributed by atoms with Gasteiger partial charge in [0.05, 0.1) is 0 Å². The third kappa shape index (κ3) is 1.67. The molecule has 0 bridgehead atoms. The predicted molar refractivity (Wildman–Crippen MR) is 54.0 cm³/mol. The van der Waals surface area contributed by atoms with Crippen molar-refractivity contribution in [1.82, 2.24) is 0 Å². The van der Waals surface area contributed by atoms with E-state index in [1.807, 2.05) is 12.1 Å². The maximum absolute atomic E-state index is 12.4. The molecule has 0 amide bonds. The predicted octanol–water partition coefficient (Wildman–Crippen LogP) is 2.57. The van der Waals surface area contributed by atoms with Crippen molar-refractivity contribution >= 4 is 0 Å². The molecular weight excluding hydrogens is 179 g/mol. The number of aliphatic hydroxyl groups excluding tert-OH is 1. The Hall–Kier alpha value is -0.890. The molecule has 0 heterocycles. The maximum atomic E-state index is 12.4. The molecule has 14 heavy (non-hydrogen) atoms. The van der Waals surface area contributed by atoms with Crippen LogP contribution in [-0.2, 0) is 12.8 Å². The van der Waals surface area contributed by atoms with Crippen LogP contribution in [0.4, 0.5) is 4.39 Å². The van der Waals surface area contributed by atoms with Gasteiger partial charge in [-0.05, 0) is 42.4 Å². The van der Waals surface area contributed by atoms with Gasteiger partial charge < -0.3 is 5.11 Å². The van der Waals surface area contributed by atoms with Crippen LogP contribution in [0.5, 0.6) is 0 Å². The Labute approximate surface area is 83.6 Å². The summed E-state index contributed by atoms with van der Waals surface area (Å²) in [6, 6.07) is 5.84. The van der Waals surface area contributed by atoms with Gasteiger partial charge in [0.15, 0.2) is 0 Å². The Morgan fingerprint density at radius 2 is 2.07 bits per heavy atom. The van der Waals surface area contributed by atoms with Crippen LogP contribution in [0, 0.1) is 0 Å². The zero-order valence-electron chi connectivity index (χ0n) is 8.17. The molecule has 1 aromatic rings. The Morgan fingerprint density at radius 1 is 1.29 bits per heavy atom. The van der Waals surface area contributed by atoms with Crippen molar-refractivity contribution in [1.29, 1.82) is 0 Å². The lowest BCUT2D eigenvalue weighted by Gasteiger charge is -2.20. The number of rotatable bonds is 2. The summed E-state index contributed by atoms with van der Waals surface area (Å²) in [5, 5.41) is 9.51. The molecule has 1 atom stereocenters. The zero-order chi connectivity index (χ0) is 9.97. The molecule has 76 valence electrons. The summed E-state index contributed by atoms with van der Waals surface area (Å²) >= 11 is 0. The van der Waals surface area contributed by atoms with Crippen LogP contribution in [0.2, 0.25) is 0 Å². The smallest absolute Gasteiger partial charge is 0.119 e. The molecular formula is C12H15FO. The number of halogens is 1. The fourth-order valence-corrected chi connectivity index (χ4v) is 2.21. The number of fused-ring (bicyclic) bond motifs is 1. The summed E-state index contributed by atoms with van der Waals surface area (Å²) in [6.45, 7) is -0.684. The third-order valence-electron chi connectivity index (χ3n) is 2.94. The van der Waals surface area contributed by atoms with E-state index in [2.05, 4.69) is 6.07 Å². The molecule has 1 N–H and O–H groups in total. The van der Waals surface area contributed by atoms with E-state index in [1.54, 1.807) is 0 Å². The third-order valence-corrected chi connectivity index (χ3v) is 2.94. The summed E-state index contributed by atoms with van der Waals surface area (Å²) < 4.78 is 12.4. The topological polar surface area (TPSA) is 20.2 Å². The zero-order valence-corrected chi connectivity index (χ0v) is 8.17. The van der Waals surface area contributed by atoms with Crippen LogP contribution in [0.1, 0.15) is 35.6 Å². The van der Waals surface area contributed by atoms with E-state index in [0.717, 1.165) is 24.8 Å². The van der Waals surface area contributed by atoms with Crippen molar-refractivity contribution in [3.05, 3.63) is 34.9 Å². The highest BCUT2D eigenvalue weighted by Gasteiger charge is 2.17. The first-order valence-corrected chi connectivity index (χ1v) is 5.17. The van der Waals surface area contributed by atoms with Gasteiger partial charge in [0.1, 0.15) is 12.8 Å². The van der Waals surface area contributed by atoms with Crippen LogP contribution in [0.25, 0.3) is 0 Å². The van der Waals surface area contributed by atoms with Crippen molar-refractivity contribution in [3.63, 3.8) is 0 Å². The lowest BCUT2D eigenvalue weighted by Crippen LogP contribution is -2.10. The highest BCUT2D eigenvalue weighted by molar-refractivity contribution is 5.38. The number of aryl methyl sites for hydroxylation is 1. The molecule has 0 aromatic heterocycles. The molecule has 1 unspecified atom stereocenters. The van der Waals surface area contributed by atoms with E-state index in [9.17, 15) is 9.50 Å². The van der Waals surface area contributed by atoms with Crippen molar-refractivity contribution in [2.75, 3.05) is 6.67 Å². The standard InChI is InChI=1S/C12H15FO/c13-8-12(14)11-7-3-5-9-4-1-2-6-10(9)11/h3,5,7,12,14H,1-2,4,6,8H2. The van der Waals surface area contributed by atoms with E-state index < -0.39 is 12.8 Å². The summed E-state index contributed by atoms with van der Waals surface area (Å²) in [7, 11) is 0. The number of hydrogen-bond donors (Lipinski definition) is 1. The summed E-state index contributed by atoms with van der Waals surface area (Å²) in [4.78, 5) is 0. The second-order valence-electron chi connectivity index (χ2n) is 3.86. The maximum Gasteiger partial charge on any atom is 0.119 e. The fourth-order valence-electron chi connectivity index (χ4n) is 2.21. The largest absolute Gasteiger partial charge is 0.386 e. The average molecular weight is 194 g/mol. The van der Waals surface area contributed by atoms with Crippen molar-refractivity contribution in [3.8, 4) is 0 Å². The van der Waals surface area contributed by atoms with Crippen LogP contribution in [-0.4, -0.2) is 11.8 Å². The molecule has 2 rings (SSSR count). The fraction of sp³-hybridized carbons (Fsp3) is 0.500. The van der Waals surface area contributed by atoms with Crippen molar-refractivity contribution in [2.45, 2.75) is 31.8 Å². The minimum atomic E-state index is -0.928. The molecule has 1 nitrogen and oxygen atoms in total. The Bertz CT molecular complexity index is 322. The van der Waals surface area contributed by atoms with Gasteiger partial charge in [-0.3, -0.25) is 0 Å². The van der Waals surface area contributed by atoms with Gasteiger partial charge in [0, 0.05) is 0 Å². The first-order valence-electron chi connectivity index (χ1n) is 5.17. The molecule has 0 radical (unpaired) electrons. The molecule has 0 aliphatic heterocycles. The van der Waals surface area contributed by atoms with Gasteiger partial charge in [-0.1, -0.05) is 18.2 Å². The normalized spacial score (nSPS) is 17.6. The second kappa shape index (κ2) is 4.09. The van der Waals surface area contributed by atoms with Gasteiger partial charge in [-0.15, -0.1) is 0 Å². The number of hydrogen-bond acceptors (Lipinski definition) is 1. The summed E-state index contributed by atoms with van der Waals surface area (Å²) in [6.07, 6.45) is 3.50. The Balaban J connectivity index is 2.39. The first-order chi connectivity index (χ1) is 6.83. The van der Waals surface area contributed by atoms with E-state index in [1.165, 1.54) is 17.5 Å². The van der Waals surface area contributed by atoms with Crippen LogP contribution in [0.15, 0.2) is 18.2 Å². The van der Waals surface area contributed by atoms with E-state index in [4.69, 9.17) is 0 Å². The van der Waals surface area contributed by atoms with E-state index in [-0.39, 0.29) is 0 Å². The first kappa shape index (κ1) is 9.66. The number of aliphatic hydroxyl groups is 1. The van der Waals surface area contributed by atoms with Crippen molar-refractivity contribution in [2.24, 2.45) is 0 Å². The Morgan fingerprint density at radius 3 is 2.86 bits per heavy atom. The lowest BCUT2D eigenvalue weighted by molar-refractivity contribution is 0.140. The Kier molecular flexibility index (Phi) is 2.82. The van der Waals surface area contributed by atoms with Crippen LogP contribution >= 0.6 is 0 Å². The minimum Gasteiger partial charge on any atom is -0.386 e. The van der Waals surface area contributed by atoms with Gasteiger partial charge in [-0.25, -0.2) is 4.39 Å². The van der Waals surface area contributed by atoms with Gasteiger partial charge in [0.2, 0.25) is 0 Å². The highest BCUT2D eigenvalue weighted by atomic mass is 19.1. The lowest BCUT2D eigenvalue weighted by atomic mass is 9.87. The van der Waals surface area contributed by atoms with Crippen LogP contribution < -0.4 is 0 Å². The van der Waals surface area contributed by atoms with Gasteiger partial charge >= 0.3 is 0 Å². The second-order valence-corrected chi connectivity index (χ2v) is 3.86.